The molecule has 1 aromatic rings. The fourth-order valence-electron chi connectivity index (χ4n) is 3.23. The van der Waals surface area contributed by atoms with Crippen molar-refractivity contribution in [2.24, 2.45) is 5.41 Å². The minimum Gasteiger partial charge on any atom is -0.433 e. The van der Waals surface area contributed by atoms with E-state index in [9.17, 15) is 17.2 Å². The molecule has 2 aliphatic rings. The maximum Gasteiger partial charge on any atom is 0.387 e. The Labute approximate surface area is 138 Å². The first-order valence-electron chi connectivity index (χ1n) is 7.28. The number of benzene rings is 1. The van der Waals surface area contributed by atoms with Crippen LogP contribution in [0.5, 0.6) is 5.75 Å². The van der Waals surface area contributed by atoms with E-state index in [1.807, 2.05) is 0 Å². The van der Waals surface area contributed by atoms with E-state index >= 15 is 0 Å². The van der Waals surface area contributed by atoms with Crippen LogP contribution in [0, 0.1) is 5.41 Å². The van der Waals surface area contributed by atoms with Crippen molar-refractivity contribution >= 4 is 21.6 Å². The van der Waals surface area contributed by atoms with Crippen molar-refractivity contribution in [3.05, 3.63) is 23.2 Å². The largest absolute Gasteiger partial charge is 0.433 e. The molecule has 1 N–H and O–H groups in total. The maximum absolute atomic E-state index is 12.7. The van der Waals surface area contributed by atoms with Crippen LogP contribution < -0.4 is 10.1 Å². The van der Waals surface area contributed by atoms with Crippen LogP contribution in [-0.2, 0) is 10.0 Å². The lowest BCUT2D eigenvalue weighted by Crippen LogP contribution is -2.33. The molecule has 0 aromatic heterocycles. The Kier molecular flexibility index (Phi) is 4.52. The van der Waals surface area contributed by atoms with E-state index < -0.39 is 16.6 Å². The molecule has 0 radical (unpaired) electrons. The molecule has 1 unspecified atom stereocenters. The summed E-state index contributed by atoms with van der Waals surface area (Å²) in [5, 5.41) is 3.12. The van der Waals surface area contributed by atoms with E-state index in [0.29, 0.717) is 13.1 Å². The summed E-state index contributed by atoms with van der Waals surface area (Å²) in [5.74, 6) is -0.237. The molecule has 2 heterocycles. The van der Waals surface area contributed by atoms with Gasteiger partial charge in [0.15, 0.2) is 0 Å². The van der Waals surface area contributed by atoms with Gasteiger partial charge in [0.25, 0.3) is 0 Å². The Morgan fingerprint density at radius 3 is 2.74 bits per heavy atom. The van der Waals surface area contributed by atoms with Gasteiger partial charge in [-0.3, -0.25) is 0 Å². The highest BCUT2D eigenvalue weighted by molar-refractivity contribution is 7.89. The van der Waals surface area contributed by atoms with Crippen molar-refractivity contribution in [3.63, 3.8) is 0 Å². The number of hydrogen-bond donors (Lipinski definition) is 1. The summed E-state index contributed by atoms with van der Waals surface area (Å²) in [4.78, 5) is -0.00729. The number of nitrogens with zero attached hydrogens (tertiary/aromatic N) is 1. The Balaban J connectivity index is 1.81. The van der Waals surface area contributed by atoms with Gasteiger partial charge < -0.3 is 10.1 Å². The van der Waals surface area contributed by atoms with Crippen LogP contribution in [0.3, 0.4) is 0 Å². The molecule has 1 atom stereocenters. The van der Waals surface area contributed by atoms with E-state index in [0.717, 1.165) is 38.1 Å². The molecule has 0 bridgehead atoms. The Morgan fingerprint density at radius 2 is 2.13 bits per heavy atom. The van der Waals surface area contributed by atoms with Gasteiger partial charge in [-0.25, -0.2) is 8.42 Å². The van der Waals surface area contributed by atoms with E-state index in [4.69, 9.17) is 11.6 Å². The highest BCUT2D eigenvalue weighted by Crippen LogP contribution is 2.39. The predicted octanol–water partition coefficient (Wildman–Crippen LogP) is 2.32. The zero-order valence-corrected chi connectivity index (χ0v) is 13.8. The summed E-state index contributed by atoms with van der Waals surface area (Å²) in [6.07, 6.45) is 1.78. The third kappa shape index (κ3) is 3.31. The van der Waals surface area contributed by atoms with E-state index in [1.165, 1.54) is 10.4 Å². The van der Waals surface area contributed by atoms with E-state index in [-0.39, 0.29) is 21.1 Å². The van der Waals surface area contributed by atoms with E-state index in [2.05, 4.69) is 10.1 Å². The highest BCUT2D eigenvalue weighted by atomic mass is 35.5. The molecule has 1 spiro atoms. The lowest BCUT2D eigenvalue weighted by Gasteiger charge is -2.22. The zero-order valence-electron chi connectivity index (χ0n) is 12.3. The highest BCUT2D eigenvalue weighted by Gasteiger charge is 2.44. The fraction of sp³-hybridized carbons (Fsp3) is 0.571. The fourth-order valence-corrected chi connectivity index (χ4v) is 5.10. The second-order valence-electron chi connectivity index (χ2n) is 5.99. The number of alkyl halides is 2. The molecule has 23 heavy (non-hydrogen) atoms. The summed E-state index contributed by atoms with van der Waals surface area (Å²) < 4.78 is 55.6. The minimum absolute atomic E-state index is 0.00729. The minimum atomic E-state index is -3.69. The zero-order chi connectivity index (χ0) is 16.7. The molecule has 3 rings (SSSR count). The summed E-state index contributed by atoms with van der Waals surface area (Å²) >= 11 is 5.86. The van der Waals surface area contributed by atoms with Crippen LogP contribution >= 0.6 is 11.6 Å². The second-order valence-corrected chi connectivity index (χ2v) is 8.33. The van der Waals surface area contributed by atoms with Crippen LogP contribution in [-0.4, -0.2) is 45.5 Å². The molecular weight excluding hydrogens is 350 g/mol. The van der Waals surface area contributed by atoms with Crippen LogP contribution in [0.1, 0.15) is 12.8 Å². The number of rotatable bonds is 4. The summed E-state index contributed by atoms with van der Waals surface area (Å²) in [7, 11) is -3.69. The number of ether oxygens (including phenoxy) is 1. The summed E-state index contributed by atoms with van der Waals surface area (Å²) in [6.45, 7) is -0.366. The lowest BCUT2D eigenvalue weighted by atomic mass is 9.87. The Morgan fingerprint density at radius 1 is 1.35 bits per heavy atom. The van der Waals surface area contributed by atoms with Crippen LogP contribution in [0.2, 0.25) is 5.02 Å². The van der Waals surface area contributed by atoms with Gasteiger partial charge in [0.05, 0.1) is 9.92 Å². The van der Waals surface area contributed by atoms with Crippen molar-refractivity contribution in [2.75, 3.05) is 26.2 Å². The third-order valence-corrected chi connectivity index (χ3v) is 6.63. The molecule has 5 nitrogen and oxygen atoms in total. The molecule has 0 amide bonds. The van der Waals surface area contributed by atoms with Gasteiger partial charge in [0, 0.05) is 19.6 Å². The van der Waals surface area contributed by atoms with Crippen molar-refractivity contribution in [2.45, 2.75) is 24.3 Å². The van der Waals surface area contributed by atoms with Crippen molar-refractivity contribution in [1.29, 1.82) is 0 Å². The molecule has 2 aliphatic heterocycles. The topological polar surface area (TPSA) is 58.6 Å². The maximum atomic E-state index is 12.7. The molecule has 1 aromatic carbocycles. The molecule has 2 saturated heterocycles. The molecular formula is C14H17ClF2N2O3S. The average Bonchev–Trinajstić information content (AvgIpc) is 3.12. The molecule has 9 heteroatoms. The van der Waals surface area contributed by atoms with Gasteiger partial charge in [-0.2, -0.15) is 13.1 Å². The van der Waals surface area contributed by atoms with Gasteiger partial charge in [-0.1, -0.05) is 11.6 Å². The first kappa shape index (κ1) is 16.9. The molecule has 0 aliphatic carbocycles. The monoisotopic (exact) mass is 366 g/mol. The number of nitrogens with one attached hydrogen (secondary N) is 1. The van der Waals surface area contributed by atoms with Gasteiger partial charge in [-0.15, -0.1) is 0 Å². The molecule has 0 saturated carbocycles. The van der Waals surface area contributed by atoms with Crippen molar-refractivity contribution in [1.82, 2.24) is 9.62 Å². The normalized spacial score (nSPS) is 25.6. The first-order chi connectivity index (χ1) is 10.8. The van der Waals surface area contributed by atoms with Gasteiger partial charge >= 0.3 is 6.61 Å². The molecule has 128 valence electrons. The summed E-state index contributed by atoms with van der Waals surface area (Å²) in [6, 6.07) is 3.56. The molecule has 2 fully saturated rings. The predicted molar refractivity (Wildman–Crippen MR) is 81.4 cm³/mol. The van der Waals surface area contributed by atoms with Crippen LogP contribution in [0.25, 0.3) is 0 Å². The van der Waals surface area contributed by atoms with Gasteiger partial charge in [0.2, 0.25) is 10.0 Å². The second kappa shape index (κ2) is 6.16. The van der Waals surface area contributed by atoms with E-state index in [1.54, 1.807) is 0 Å². The standard InChI is InChI=1S/C14H17ClF2N2O3S/c15-11-7-10(1-2-12(11)22-13(16)17)23(20,21)19-6-4-14(9-19)3-5-18-8-14/h1-2,7,13,18H,3-6,8-9H2. The quantitative estimate of drug-likeness (QED) is 0.888. The van der Waals surface area contributed by atoms with Crippen LogP contribution in [0.4, 0.5) is 8.78 Å². The SMILES string of the molecule is O=S(=O)(c1ccc(OC(F)F)c(Cl)c1)N1CCC2(CCNC2)C1. The van der Waals surface area contributed by atoms with Gasteiger partial charge in [0.1, 0.15) is 5.75 Å². The summed E-state index contributed by atoms with van der Waals surface area (Å²) in [5.41, 5.74) is 0.00952. The first-order valence-corrected chi connectivity index (χ1v) is 9.10. The van der Waals surface area contributed by atoms with Gasteiger partial charge in [-0.05, 0) is 43.0 Å². The lowest BCUT2D eigenvalue weighted by molar-refractivity contribution is -0.0498. The van der Waals surface area contributed by atoms with Crippen LogP contribution in [0.15, 0.2) is 23.1 Å². The number of hydrogen-bond acceptors (Lipinski definition) is 4. The smallest absolute Gasteiger partial charge is 0.387 e. The Hall–Kier alpha value is -0.960. The number of halogens is 3. The Bertz CT molecular complexity index is 693. The van der Waals surface area contributed by atoms with Crippen molar-refractivity contribution < 1.29 is 21.9 Å². The average molecular weight is 367 g/mol. The van der Waals surface area contributed by atoms with Crippen molar-refractivity contribution in [3.8, 4) is 5.75 Å². The number of sulfonamides is 1. The third-order valence-electron chi connectivity index (χ3n) is 4.49.